The van der Waals surface area contributed by atoms with Crippen molar-refractivity contribution in [3.63, 3.8) is 0 Å². The summed E-state index contributed by atoms with van der Waals surface area (Å²) in [6.07, 6.45) is 6.35. The molecule has 1 rings (SSSR count). The monoisotopic (exact) mass is 228 g/mol. The number of unbranched alkanes of at least 4 members (excludes halogenated alkanes) is 1. The molecule has 3 heteroatoms. The highest BCUT2D eigenvalue weighted by Crippen LogP contribution is 2.29. The summed E-state index contributed by atoms with van der Waals surface area (Å²) in [5.74, 6) is 0.991. The quantitative estimate of drug-likeness (QED) is 0.587. The molecule has 1 atom stereocenters. The highest BCUT2D eigenvalue weighted by molar-refractivity contribution is 4.80. The molecule has 0 amide bonds. The third-order valence-corrected chi connectivity index (χ3v) is 3.74. The van der Waals surface area contributed by atoms with Gasteiger partial charge in [0.25, 0.3) is 0 Å². The van der Waals surface area contributed by atoms with Crippen LogP contribution in [0.5, 0.6) is 0 Å². The zero-order valence-corrected chi connectivity index (χ0v) is 11.1. The number of nitrogens with one attached hydrogen (secondary N) is 1. The van der Waals surface area contributed by atoms with Crippen molar-refractivity contribution in [2.24, 2.45) is 5.92 Å². The van der Waals surface area contributed by atoms with Crippen LogP contribution in [-0.4, -0.2) is 49.3 Å². The minimum atomic E-state index is -0.0882. The lowest BCUT2D eigenvalue weighted by Gasteiger charge is -2.27. The lowest BCUT2D eigenvalue weighted by Crippen LogP contribution is -2.43. The Balaban J connectivity index is 2.01. The smallest absolute Gasteiger partial charge is 0.0610 e. The Morgan fingerprint density at radius 2 is 2.06 bits per heavy atom. The molecule has 0 aromatic heterocycles. The van der Waals surface area contributed by atoms with Crippen molar-refractivity contribution in [3.05, 3.63) is 0 Å². The van der Waals surface area contributed by atoms with Gasteiger partial charge < -0.3 is 15.3 Å². The van der Waals surface area contributed by atoms with E-state index in [0.717, 1.165) is 12.3 Å². The van der Waals surface area contributed by atoms with Crippen molar-refractivity contribution in [3.8, 4) is 0 Å². The first-order chi connectivity index (χ1) is 7.59. The highest BCUT2D eigenvalue weighted by Gasteiger charge is 2.23. The van der Waals surface area contributed by atoms with Gasteiger partial charge in [-0.3, -0.25) is 0 Å². The van der Waals surface area contributed by atoms with E-state index in [2.05, 4.69) is 24.2 Å². The molecule has 1 unspecified atom stereocenters. The van der Waals surface area contributed by atoms with Crippen LogP contribution in [0.3, 0.4) is 0 Å². The fourth-order valence-electron chi connectivity index (χ4n) is 2.01. The minimum absolute atomic E-state index is 0.0882. The van der Waals surface area contributed by atoms with E-state index in [-0.39, 0.29) is 12.1 Å². The Hall–Kier alpha value is -0.120. The lowest BCUT2D eigenvalue weighted by atomic mass is 9.96. The van der Waals surface area contributed by atoms with E-state index in [9.17, 15) is 5.11 Å². The second-order valence-electron chi connectivity index (χ2n) is 5.63. The number of nitrogens with zero attached hydrogens (tertiary/aromatic N) is 1. The molecule has 0 bridgehead atoms. The second-order valence-corrected chi connectivity index (χ2v) is 5.63. The van der Waals surface area contributed by atoms with Crippen LogP contribution in [0.4, 0.5) is 0 Å². The first kappa shape index (κ1) is 13.9. The zero-order chi connectivity index (χ0) is 12.0. The van der Waals surface area contributed by atoms with Crippen LogP contribution < -0.4 is 5.32 Å². The molecule has 96 valence electrons. The summed E-state index contributed by atoms with van der Waals surface area (Å²) < 4.78 is 0. The molecule has 0 saturated heterocycles. The molecule has 0 spiro atoms. The summed E-state index contributed by atoms with van der Waals surface area (Å²) in [5, 5.41) is 12.4. The van der Waals surface area contributed by atoms with Crippen LogP contribution in [-0.2, 0) is 0 Å². The van der Waals surface area contributed by atoms with Gasteiger partial charge in [-0.05, 0) is 59.2 Å². The average molecular weight is 228 g/mol. The Morgan fingerprint density at radius 1 is 1.38 bits per heavy atom. The molecule has 1 saturated carbocycles. The van der Waals surface area contributed by atoms with E-state index in [1.165, 1.54) is 38.8 Å². The van der Waals surface area contributed by atoms with E-state index in [0.29, 0.717) is 0 Å². The van der Waals surface area contributed by atoms with E-state index in [4.69, 9.17) is 0 Å². The van der Waals surface area contributed by atoms with Gasteiger partial charge in [0.05, 0.1) is 6.61 Å². The van der Waals surface area contributed by atoms with E-state index in [1.54, 1.807) is 0 Å². The second kappa shape index (κ2) is 6.58. The van der Waals surface area contributed by atoms with Crippen LogP contribution in [0.15, 0.2) is 0 Å². The summed E-state index contributed by atoms with van der Waals surface area (Å²) in [6, 6.07) is 0. The summed E-state index contributed by atoms with van der Waals surface area (Å²) in [4.78, 5) is 2.45. The molecular weight excluding hydrogens is 200 g/mol. The topological polar surface area (TPSA) is 35.5 Å². The molecule has 0 aromatic carbocycles. The fraction of sp³-hybridized carbons (Fsp3) is 1.00. The molecule has 0 aliphatic heterocycles. The van der Waals surface area contributed by atoms with Crippen LogP contribution in [0, 0.1) is 5.92 Å². The Labute approximate surface area is 100 Å². The van der Waals surface area contributed by atoms with Gasteiger partial charge in [0.1, 0.15) is 0 Å². The summed E-state index contributed by atoms with van der Waals surface area (Å²) in [7, 11) is 4.15. The fourth-order valence-corrected chi connectivity index (χ4v) is 2.01. The van der Waals surface area contributed by atoms with Crippen LogP contribution >= 0.6 is 0 Å². The number of hydrogen-bond acceptors (Lipinski definition) is 3. The SMILES string of the molecule is CNC(C)(CO)CCCCN(C)CC1CC1. The molecule has 0 aromatic rings. The van der Waals surface area contributed by atoms with E-state index < -0.39 is 0 Å². The third-order valence-electron chi connectivity index (χ3n) is 3.74. The molecule has 0 radical (unpaired) electrons. The number of aliphatic hydroxyl groups excluding tert-OH is 1. The van der Waals surface area contributed by atoms with Crippen molar-refractivity contribution in [2.75, 3.05) is 33.8 Å². The molecule has 0 heterocycles. The number of hydrogen-bond donors (Lipinski definition) is 2. The van der Waals surface area contributed by atoms with Gasteiger partial charge in [0.15, 0.2) is 0 Å². The summed E-state index contributed by atoms with van der Waals surface area (Å²) >= 11 is 0. The maximum atomic E-state index is 9.25. The Bertz CT molecular complexity index is 188. The largest absolute Gasteiger partial charge is 0.394 e. The zero-order valence-electron chi connectivity index (χ0n) is 11.1. The maximum Gasteiger partial charge on any atom is 0.0610 e. The maximum absolute atomic E-state index is 9.25. The first-order valence-corrected chi connectivity index (χ1v) is 6.58. The molecule has 3 nitrogen and oxygen atoms in total. The van der Waals surface area contributed by atoms with Gasteiger partial charge in [-0.2, -0.15) is 0 Å². The van der Waals surface area contributed by atoms with Crippen molar-refractivity contribution in [1.29, 1.82) is 0 Å². The van der Waals surface area contributed by atoms with Gasteiger partial charge in [-0.1, -0.05) is 6.42 Å². The number of aliphatic hydroxyl groups is 1. The van der Waals surface area contributed by atoms with Gasteiger partial charge in [-0.25, -0.2) is 0 Å². The number of likely N-dealkylation sites (N-methyl/N-ethyl adjacent to an activating group) is 1. The average Bonchev–Trinajstić information content (AvgIpc) is 3.08. The van der Waals surface area contributed by atoms with Gasteiger partial charge >= 0.3 is 0 Å². The molecular formula is C13H28N2O. The normalized spacial score (nSPS) is 20.1. The predicted octanol–water partition coefficient (Wildman–Crippen LogP) is 1.47. The highest BCUT2D eigenvalue weighted by atomic mass is 16.3. The van der Waals surface area contributed by atoms with Crippen LogP contribution in [0.25, 0.3) is 0 Å². The number of rotatable bonds is 9. The van der Waals surface area contributed by atoms with Crippen molar-refractivity contribution >= 4 is 0 Å². The molecule has 1 aliphatic carbocycles. The summed E-state index contributed by atoms with van der Waals surface area (Å²) in [5.41, 5.74) is -0.0882. The minimum Gasteiger partial charge on any atom is -0.394 e. The van der Waals surface area contributed by atoms with Crippen molar-refractivity contribution < 1.29 is 5.11 Å². The lowest BCUT2D eigenvalue weighted by molar-refractivity contribution is 0.169. The summed E-state index contributed by atoms with van der Waals surface area (Å²) in [6.45, 7) is 4.79. The van der Waals surface area contributed by atoms with Gasteiger partial charge in [0.2, 0.25) is 0 Å². The van der Waals surface area contributed by atoms with Crippen LogP contribution in [0.2, 0.25) is 0 Å². The van der Waals surface area contributed by atoms with E-state index in [1.807, 2.05) is 7.05 Å². The third kappa shape index (κ3) is 5.28. The predicted molar refractivity (Wildman–Crippen MR) is 68.6 cm³/mol. The Kier molecular flexibility index (Phi) is 5.73. The van der Waals surface area contributed by atoms with Crippen molar-refractivity contribution in [2.45, 2.75) is 44.6 Å². The molecule has 1 fully saturated rings. The Morgan fingerprint density at radius 3 is 2.56 bits per heavy atom. The van der Waals surface area contributed by atoms with Gasteiger partial charge in [0, 0.05) is 12.1 Å². The van der Waals surface area contributed by atoms with E-state index >= 15 is 0 Å². The first-order valence-electron chi connectivity index (χ1n) is 6.58. The van der Waals surface area contributed by atoms with Gasteiger partial charge in [-0.15, -0.1) is 0 Å². The van der Waals surface area contributed by atoms with Crippen molar-refractivity contribution in [1.82, 2.24) is 10.2 Å². The molecule has 1 aliphatic rings. The molecule has 2 N–H and O–H groups in total. The molecule has 16 heavy (non-hydrogen) atoms. The van der Waals surface area contributed by atoms with Crippen LogP contribution in [0.1, 0.15) is 39.0 Å². The standard InChI is InChI=1S/C13H28N2O/c1-13(11-16,14-2)8-4-5-9-15(3)10-12-6-7-12/h12,14,16H,4-11H2,1-3H3.